The van der Waals surface area contributed by atoms with E-state index < -0.39 is 0 Å². The van der Waals surface area contributed by atoms with Crippen molar-refractivity contribution in [3.05, 3.63) is 30.0 Å². The Morgan fingerprint density at radius 1 is 1.17 bits per heavy atom. The van der Waals surface area contributed by atoms with Crippen LogP contribution >= 0.6 is 11.8 Å². The van der Waals surface area contributed by atoms with Gasteiger partial charge >= 0.3 is 0 Å². The van der Waals surface area contributed by atoms with Gasteiger partial charge in [-0.1, -0.05) is 23.9 Å². The number of rotatable bonds is 5. The van der Waals surface area contributed by atoms with Gasteiger partial charge in [0.15, 0.2) is 0 Å². The van der Waals surface area contributed by atoms with Crippen LogP contribution in [0.25, 0.3) is 16.9 Å². The van der Waals surface area contributed by atoms with Gasteiger partial charge in [0.05, 0.1) is 19.4 Å². The van der Waals surface area contributed by atoms with Crippen molar-refractivity contribution in [1.29, 1.82) is 0 Å². The van der Waals surface area contributed by atoms with Crippen LogP contribution in [0, 0.1) is 0 Å². The molecule has 3 aromatic rings. The van der Waals surface area contributed by atoms with Crippen LogP contribution in [0.4, 0.5) is 5.82 Å². The Labute approximate surface area is 137 Å². The number of ether oxygens (including phenoxy) is 2. The summed E-state index contributed by atoms with van der Waals surface area (Å²) in [5.41, 5.74) is 8.78. The topological polar surface area (TPSA) is 87.6 Å². The third-order valence-electron chi connectivity index (χ3n) is 3.42. The Hall–Kier alpha value is -2.32. The van der Waals surface area contributed by atoms with E-state index in [4.69, 9.17) is 15.2 Å². The number of hydrogen-bond acceptors (Lipinski definition) is 7. The van der Waals surface area contributed by atoms with Gasteiger partial charge in [-0.25, -0.2) is 4.98 Å². The SMILES string of the molecule is COCc1nc2nc(SC)nn2c(N)c1-c1ccc(OC)cc1. The van der Waals surface area contributed by atoms with Crippen LogP contribution in [0.5, 0.6) is 5.75 Å². The normalized spacial score (nSPS) is 11.1. The average Bonchev–Trinajstić information content (AvgIpc) is 2.99. The summed E-state index contributed by atoms with van der Waals surface area (Å²) in [6.45, 7) is 0.337. The van der Waals surface area contributed by atoms with Gasteiger partial charge in [0.25, 0.3) is 5.78 Å². The summed E-state index contributed by atoms with van der Waals surface area (Å²) in [6, 6.07) is 7.63. The molecule has 0 aliphatic heterocycles. The third-order valence-corrected chi connectivity index (χ3v) is 3.96. The maximum absolute atomic E-state index is 6.35. The second-order valence-electron chi connectivity index (χ2n) is 4.79. The first-order valence-corrected chi connectivity index (χ1v) is 8.13. The lowest BCUT2D eigenvalue weighted by Crippen LogP contribution is -2.08. The van der Waals surface area contributed by atoms with Crippen molar-refractivity contribution in [1.82, 2.24) is 19.6 Å². The first-order chi connectivity index (χ1) is 11.2. The minimum absolute atomic E-state index is 0.337. The van der Waals surface area contributed by atoms with Crippen molar-refractivity contribution in [3.8, 4) is 16.9 Å². The largest absolute Gasteiger partial charge is 0.497 e. The highest BCUT2D eigenvalue weighted by atomic mass is 32.2. The Kier molecular flexibility index (Phi) is 4.35. The minimum Gasteiger partial charge on any atom is -0.497 e. The number of nitrogen functional groups attached to an aromatic ring is 1. The molecule has 1 aromatic carbocycles. The summed E-state index contributed by atoms with van der Waals surface area (Å²) < 4.78 is 12.0. The van der Waals surface area contributed by atoms with E-state index in [1.807, 2.05) is 30.5 Å². The number of aromatic nitrogens is 4. The summed E-state index contributed by atoms with van der Waals surface area (Å²) in [6.07, 6.45) is 1.91. The van der Waals surface area contributed by atoms with Crippen molar-refractivity contribution < 1.29 is 9.47 Å². The number of fused-ring (bicyclic) bond motifs is 1. The Balaban J connectivity index is 2.22. The highest BCUT2D eigenvalue weighted by Gasteiger charge is 2.17. The molecule has 0 saturated carbocycles. The van der Waals surface area contributed by atoms with Crippen LogP contribution in [-0.2, 0) is 11.3 Å². The van der Waals surface area contributed by atoms with Crippen LogP contribution in [-0.4, -0.2) is 40.1 Å². The van der Waals surface area contributed by atoms with E-state index >= 15 is 0 Å². The zero-order chi connectivity index (χ0) is 16.4. The molecule has 0 atom stereocenters. The van der Waals surface area contributed by atoms with Crippen molar-refractivity contribution >= 4 is 23.4 Å². The number of nitrogens with zero attached hydrogens (tertiary/aromatic N) is 4. The molecule has 0 amide bonds. The number of benzene rings is 1. The van der Waals surface area contributed by atoms with Gasteiger partial charge in [-0.3, -0.25) is 0 Å². The van der Waals surface area contributed by atoms with Gasteiger partial charge < -0.3 is 15.2 Å². The van der Waals surface area contributed by atoms with Crippen molar-refractivity contribution in [2.75, 3.05) is 26.2 Å². The molecule has 0 fully saturated rings. The highest BCUT2D eigenvalue weighted by Crippen LogP contribution is 2.31. The Morgan fingerprint density at radius 3 is 2.52 bits per heavy atom. The summed E-state index contributed by atoms with van der Waals surface area (Å²) in [7, 11) is 3.25. The van der Waals surface area contributed by atoms with Crippen LogP contribution in [0.3, 0.4) is 0 Å². The standard InChI is InChI=1S/C15H17N5O2S/c1-21-8-11-12(9-4-6-10(22-2)7-5-9)13(16)20-14(17-11)18-15(19-20)23-3/h4-7H,8,16H2,1-3H3. The second-order valence-corrected chi connectivity index (χ2v) is 5.56. The zero-order valence-electron chi connectivity index (χ0n) is 13.1. The lowest BCUT2D eigenvalue weighted by atomic mass is 10.0. The molecule has 7 nitrogen and oxygen atoms in total. The van der Waals surface area contributed by atoms with E-state index in [9.17, 15) is 0 Å². The van der Waals surface area contributed by atoms with Gasteiger partial charge in [-0.15, -0.1) is 5.10 Å². The fourth-order valence-electron chi connectivity index (χ4n) is 2.35. The third kappa shape index (κ3) is 2.82. The predicted octanol–water partition coefficient (Wildman–Crippen LogP) is 2.25. The lowest BCUT2D eigenvalue weighted by molar-refractivity contribution is 0.182. The molecule has 2 N–H and O–H groups in total. The molecule has 23 heavy (non-hydrogen) atoms. The summed E-state index contributed by atoms with van der Waals surface area (Å²) in [5.74, 6) is 1.73. The van der Waals surface area contributed by atoms with Gasteiger partial charge in [0.1, 0.15) is 11.6 Å². The quantitative estimate of drug-likeness (QED) is 0.717. The Morgan fingerprint density at radius 2 is 1.91 bits per heavy atom. The first-order valence-electron chi connectivity index (χ1n) is 6.90. The Bertz CT molecular complexity index is 832. The van der Waals surface area contributed by atoms with Crippen molar-refractivity contribution in [3.63, 3.8) is 0 Å². The molecule has 0 radical (unpaired) electrons. The number of hydrogen-bond donors (Lipinski definition) is 1. The minimum atomic E-state index is 0.337. The number of nitrogens with two attached hydrogens (primary N) is 1. The maximum atomic E-state index is 6.35. The van der Waals surface area contributed by atoms with Crippen LogP contribution in [0.1, 0.15) is 5.69 Å². The van der Waals surface area contributed by atoms with E-state index in [0.717, 1.165) is 22.6 Å². The monoisotopic (exact) mass is 331 g/mol. The van der Waals surface area contributed by atoms with Gasteiger partial charge in [-0.05, 0) is 24.0 Å². The highest BCUT2D eigenvalue weighted by molar-refractivity contribution is 7.98. The molecule has 0 bridgehead atoms. The van der Waals surface area contributed by atoms with Gasteiger partial charge in [0.2, 0.25) is 5.16 Å². The molecule has 2 heterocycles. The summed E-state index contributed by atoms with van der Waals surface area (Å²) in [5, 5.41) is 4.99. The smallest absolute Gasteiger partial charge is 0.255 e. The van der Waals surface area contributed by atoms with Crippen LogP contribution in [0.2, 0.25) is 0 Å². The number of anilines is 1. The van der Waals surface area contributed by atoms with Crippen LogP contribution < -0.4 is 10.5 Å². The molecule has 0 unspecified atom stereocenters. The van der Waals surface area contributed by atoms with E-state index in [-0.39, 0.29) is 0 Å². The van der Waals surface area contributed by atoms with Gasteiger partial charge in [-0.2, -0.15) is 9.50 Å². The maximum Gasteiger partial charge on any atom is 0.255 e. The zero-order valence-corrected chi connectivity index (χ0v) is 13.9. The number of methoxy groups -OCH3 is 2. The molecule has 2 aromatic heterocycles. The van der Waals surface area contributed by atoms with E-state index in [0.29, 0.717) is 23.4 Å². The molecular formula is C15H17N5O2S. The van der Waals surface area contributed by atoms with E-state index in [2.05, 4.69) is 15.1 Å². The first kappa shape index (κ1) is 15.6. The molecule has 0 aliphatic rings. The molecule has 120 valence electrons. The fourth-order valence-corrected chi connectivity index (χ4v) is 2.69. The lowest BCUT2D eigenvalue weighted by Gasteiger charge is -2.12. The predicted molar refractivity (Wildman–Crippen MR) is 89.7 cm³/mol. The summed E-state index contributed by atoms with van der Waals surface area (Å²) in [4.78, 5) is 8.90. The fraction of sp³-hybridized carbons (Fsp3) is 0.267. The average molecular weight is 331 g/mol. The summed E-state index contributed by atoms with van der Waals surface area (Å²) >= 11 is 1.44. The second kappa shape index (κ2) is 6.43. The van der Waals surface area contributed by atoms with Crippen molar-refractivity contribution in [2.45, 2.75) is 11.8 Å². The molecule has 0 aliphatic carbocycles. The molecule has 3 rings (SSSR count). The van der Waals surface area contributed by atoms with Crippen molar-refractivity contribution in [2.24, 2.45) is 0 Å². The van der Waals surface area contributed by atoms with E-state index in [1.54, 1.807) is 18.7 Å². The molecular weight excluding hydrogens is 314 g/mol. The van der Waals surface area contributed by atoms with Crippen LogP contribution in [0.15, 0.2) is 29.4 Å². The van der Waals surface area contributed by atoms with E-state index in [1.165, 1.54) is 11.8 Å². The van der Waals surface area contributed by atoms with Gasteiger partial charge in [0, 0.05) is 12.7 Å². The number of thioether (sulfide) groups is 1. The molecule has 0 spiro atoms. The molecule has 0 saturated heterocycles. The molecule has 8 heteroatoms.